The molecule has 1 N–H and O–H groups in total. The summed E-state index contributed by atoms with van der Waals surface area (Å²) in [6, 6.07) is 5.34. The first-order valence-corrected chi connectivity index (χ1v) is 7.96. The molecule has 0 radical (unpaired) electrons. The standard InChI is InChI=1S/C16H17ClN2O4/c17-11-1-2-13-12(9-11)18-16(23-13)10-5-7-19(8-6-10)14(20)3-4-15(21)22/h1-2,9-10H,3-8H2,(H,21,22). The Morgan fingerprint density at radius 3 is 2.74 bits per heavy atom. The zero-order valence-electron chi connectivity index (χ0n) is 12.5. The lowest BCUT2D eigenvalue weighted by atomic mass is 9.96. The minimum Gasteiger partial charge on any atom is -0.481 e. The maximum absolute atomic E-state index is 11.9. The smallest absolute Gasteiger partial charge is 0.303 e. The van der Waals surface area contributed by atoms with Crippen molar-refractivity contribution in [3.63, 3.8) is 0 Å². The summed E-state index contributed by atoms with van der Waals surface area (Å²) < 4.78 is 5.79. The van der Waals surface area contributed by atoms with Crippen LogP contribution in [0.15, 0.2) is 22.6 Å². The molecule has 23 heavy (non-hydrogen) atoms. The highest BCUT2D eigenvalue weighted by Gasteiger charge is 2.27. The fourth-order valence-electron chi connectivity index (χ4n) is 2.84. The van der Waals surface area contributed by atoms with E-state index in [1.54, 1.807) is 23.1 Å². The summed E-state index contributed by atoms with van der Waals surface area (Å²) in [5, 5.41) is 9.26. The molecular weight excluding hydrogens is 320 g/mol. The van der Waals surface area contributed by atoms with Crippen LogP contribution in [0.5, 0.6) is 0 Å². The number of amides is 1. The molecule has 0 saturated carbocycles. The van der Waals surface area contributed by atoms with Crippen LogP contribution in [-0.4, -0.2) is 40.0 Å². The molecular formula is C16H17ClN2O4. The predicted molar refractivity (Wildman–Crippen MR) is 84.4 cm³/mol. The van der Waals surface area contributed by atoms with Crippen LogP contribution < -0.4 is 0 Å². The van der Waals surface area contributed by atoms with Crippen LogP contribution in [0.3, 0.4) is 0 Å². The molecule has 7 heteroatoms. The Bertz CT molecular complexity index is 735. The summed E-state index contributed by atoms with van der Waals surface area (Å²) in [6.45, 7) is 1.20. The number of oxazole rings is 1. The van der Waals surface area contributed by atoms with Gasteiger partial charge in [-0.1, -0.05) is 11.6 Å². The Labute approximate surface area is 138 Å². The zero-order valence-corrected chi connectivity index (χ0v) is 13.3. The lowest BCUT2D eigenvalue weighted by molar-refractivity contribution is -0.141. The largest absolute Gasteiger partial charge is 0.481 e. The van der Waals surface area contributed by atoms with E-state index in [1.165, 1.54) is 0 Å². The molecule has 6 nitrogen and oxygen atoms in total. The van der Waals surface area contributed by atoms with E-state index in [0.29, 0.717) is 29.6 Å². The molecule has 2 aromatic rings. The Hall–Kier alpha value is -2.08. The molecule has 0 aliphatic carbocycles. The summed E-state index contributed by atoms with van der Waals surface area (Å²) in [4.78, 5) is 28.7. The number of carboxylic acid groups (broad SMARTS) is 1. The van der Waals surface area contributed by atoms with E-state index in [2.05, 4.69) is 4.98 Å². The number of carboxylic acids is 1. The van der Waals surface area contributed by atoms with E-state index in [0.717, 1.165) is 18.4 Å². The molecule has 1 aliphatic heterocycles. The van der Waals surface area contributed by atoms with Gasteiger partial charge in [-0.2, -0.15) is 0 Å². The number of aliphatic carboxylic acids is 1. The number of hydrogen-bond acceptors (Lipinski definition) is 4. The van der Waals surface area contributed by atoms with Crippen molar-refractivity contribution in [1.29, 1.82) is 0 Å². The first-order valence-electron chi connectivity index (χ1n) is 7.58. The second-order valence-electron chi connectivity index (χ2n) is 5.71. The lowest BCUT2D eigenvalue weighted by Crippen LogP contribution is -2.38. The van der Waals surface area contributed by atoms with Gasteiger partial charge in [0.25, 0.3) is 0 Å². The van der Waals surface area contributed by atoms with Crippen molar-refractivity contribution in [2.24, 2.45) is 0 Å². The van der Waals surface area contributed by atoms with Gasteiger partial charge >= 0.3 is 5.97 Å². The van der Waals surface area contributed by atoms with Gasteiger partial charge < -0.3 is 14.4 Å². The summed E-state index contributed by atoms with van der Waals surface area (Å²) >= 11 is 5.95. The second-order valence-corrected chi connectivity index (χ2v) is 6.15. The number of aromatic nitrogens is 1. The van der Waals surface area contributed by atoms with Gasteiger partial charge in [0.15, 0.2) is 11.5 Å². The van der Waals surface area contributed by atoms with Crippen molar-refractivity contribution >= 4 is 34.6 Å². The predicted octanol–water partition coefficient (Wildman–Crippen LogP) is 3.05. The maximum Gasteiger partial charge on any atom is 0.303 e. The van der Waals surface area contributed by atoms with Crippen LogP contribution in [0.4, 0.5) is 0 Å². The molecule has 122 valence electrons. The Morgan fingerprint density at radius 1 is 1.30 bits per heavy atom. The normalized spacial score (nSPS) is 16.0. The number of nitrogens with zero attached hydrogens (tertiary/aromatic N) is 2. The molecule has 1 amide bonds. The summed E-state index contributed by atoms with van der Waals surface area (Å²) in [5.41, 5.74) is 1.46. The van der Waals surface area contributed by atoms with E-state index in [4.69, 9.17) is 21.1 Å². The molecule has 3 rings (SSSR count). The highest BCUT2D eigenvalue weighted by atomic mass is 35.5. The van der Waals surface area contributed by atoms with Gasteiger partial charge in [0.05, 0.1) is 6.42 Å². The van der Waals surface area contributed by atoms with Crippen LogP contribution in [-0.2, 0) is 9.59 Å². The van der Waals surface area contributed by atoms with Crippen molar-refractivity contribution in [2.45, 2.75) is 31.6 Å². The van der Waals surface area contributed by atoms with Gasteiger partial charge in [-0.05, 0) is 31.0 Å². The van der Waals surface area contributed by atoms with Crippen molar-refractivity contribution in [3.8, 4) is 0 Å². The molecule has 0 unspecified atom stereocenters. The van der Waals surface area contributed by atoms with E-state index >= 15 is 0 Å². The van der Waals surface area contributed by atoms with Crippen molar-refractivity contribution in [1.82, 2.24) is 9.88 Å². The van der Waals surface area contributed by atoms with E-state index in [9.17, 15) is 9.59 Å². The van der Waals surface area contributed by atoms with Gasteiger partial charge in [0, 0.05) is 30.5 Å². The first kappa shape index (κ1) is 15.8. The number of hydrogen-bond donors (Lipinski definition) is 1. The average molecular weight is 337 g/mol. The van der Waals surface area contributed by atoms with E-state index < -0.39 is 5.97 Å². The quantitative estimate of drug-likeness (QED) is 0.927. The van der Waals surface area contributed by atoms with Crippen molar-refractivity contribution < 1.29 is 19.1 Å². The van der Waals surface area contributed by atoms with Crippen molar-refractivity contribution in [2.75, 3.05) is 13.1 Å². The average Bonchev–Trinajstić information content (AvgIpc) is 2.95. The molecule has 0 spiro atoms. The Morgan fingerprint density at radius 2 is 2.04 bits per heavy atom. The van der Waals surface area contributed by atoms with Crippen LogP contribution in [0.2, 0.25) is 5.02 Å². The highest BCUT2D eigenvalue weighted by molar-refractivity contribution is 6.31. The van der Waals surface area contributed by atoms with Gasteiger partial charge in [-0.25, -0.2) is 4.98 Å². The second kappa shape index (κ2) is 6.58. The Kier molecular flexibility index (Phi) is 4.52. The third-order valence-electron chi connectivity index (χ3n) is 4.12. The van der Waals surface area contributed by atoms with Crippen LogP contribution in [0.25, 0.3) is 11.1 Å². The lowest BCUT2D eigenvalue weighted by Gasteiger charge is -2.30. The number of rotatable bonds is 4. The number of likely N-dealkylation sites (tertiary alicyclic amines) is 1. The highest BCUT2D eigenvalue weighted by Crippen LogP contribution is 2.31. The SMILES string of the molecule is O=C(O)CCC(=O)N1CCC(c2nc3cc(Cl)ccc3o2)CC1. The van der Waals surface area contributed by atoms with Gasteiger partial charge in [-0.15, -0.1) is 0 Å². The molecule has 1 fully saturated rings. The van der Waals surface area contributed by atoms with Crippen LogP contribution in [0.1, 0.15) is 37.5 Å². The molecule has 1 aromatic heterocycles. The maximum atomic E-state index is 11.9. The van der Waals surface area contributed by atoms with Gasteiger partial charge in [0.1, 0.15) is 5.52 Å². The number of piperidine rings is 1. The first-order chi connectivity index (χ1) is 11.0. The Balaban J connectivity index is 1.61. The number of carbonyl (C=O) groups is 2. The van der Waals surface area contributed by atoms with Crippen molar-refractivity contribution in [3.05, 3.63) is 29.1 Å². The third-order valence-corrected chi connectivity index (χ3v) is 4.35. The van der Waals surface area contributed by atoms with E-state index in [1.807, 2.05) is 0 Å². The van der Waals surface area contributed by atoms with Crippen LogP contribution >= 0.6 is 11.6 Å². The summed E-state index contributed by atoms with van der Waals surface area (Å²) in [7, 11) is 0. The van der Waals surface area contributed by atoms with Gasteiger partial charge in [0.2, 0.25) is 5.91 Å². The molecule has 2 heterocycles. The minimum absolute atomic E-state index is 0.0569. The number of halogens is 1. The fraction of sp³-hybridized carbons (Fsp3) is 0.438. The monoisotopic (exact) mass is 336 g/mol. The molecule has 0 bridgehead atoms. The minimum atomic E-state index is -0.946. The third kappa shape index (κ3) is 3.64. The topological polar surface area (TPSA) is 83.6 Å². The molecule has 1 aliphatic rings. The van der Waals surface area contributed by atoms with Crippen LogP contribution in [0, 0.1) is 0 Å². The van der Waals surface area contributed by atoms with E-state index in [-0.39, 0.29) is 24.7 Å². The fourth-order valence-corrected chi connectivity index (χ4v) is 3.01. The number of fused-ring (bicyclic) bond motifs is 1. The molecule has 1 saturated heterocycles. The summed E-state index contributed by atoms with van der Waals surface area (Å²) in [6.07, 6.45) is 1.46. The molecule has 1 aromatic carbocycles. The summed E-state index contributed by atoms with van der Waals surface area (Å²) in [5.74, 6) is -0.196. The molecule has 0 atom stereocenters. The number of benzene rings is 1. The number of carbonyl (C=O) groups excluding carboxylic acids is 1. The zero-order chi connectivity index (χ0) is 16.4. The van der Waals surface area contributed by atoms with Gasteiger partial charge in [-0.3, -0.25) is 9.59 Å².